The molecule has 0 bridgehead atoms. The van der Waals surface area contributed by atoms with E-state index in [-0.39, 0.29) is 6.04 Å². The van der Waals surface area contributed by atoms with Gasteiger partial charge in [-0.3, -0.25) is 0 Å². The summed E-state index contributed by atoms with van der Waals surface area (Å²) in [6, 6.07) is 0.0231. The lowest BCUT2D eigenvalue weighted by atomic mass is 10.1. The predicted octanol–water partition coefficient (Wildman–Crippen LogP) is 2.48. The summed E-state index contributed by atoms with van der Waals surface area (Å²) in [4.78, 5) is 10.1. The molecular formula is C10H25NO. The molecule has 0 aliphatic carbocycles. The van der Waals surface area contributed by atoms with Crippen LogP contribution in [0.4, 0.5) is 0 Å². The number of aldehydes is 1. The van der Waals surface area contributed by atoms with Gasteiger partial charge in [0.25, 0.3) is 0 Å². The fourth-order valence-electron chi connectivity index (χ4n) is 0.559. The summed E-state index contributed by atoms with van der Waals surface area (Å²) in [5.41, 5.74) is 0. The second kappa shape index (κ2) is 16.9. The minimum absolute atomic E-state index is 0.0231. The molecule has 0 aliphatic heterocycles. The Labute approximate surface area is 77.7 Å². The van der Waals surface area contributed by atoms with E-state index in [1.165, 1.54) is 0 Å². The third kappa shape index (κ3) is 12.3. The molecule has 0 aromatic rings. The van der Waals surface area contributed by atoms with E-state index >= 15 is 0 Å². The van der Waals surface area contributed by atoms with Crippen LogP contribution in [-0.4, -0.2) is 19.4 Å². The van der Waals surface area contributed by atoms with Crippen LogP contribution in [0.5, 0.6) is 0 Å². The molecule has 2 heteroatoms. The fourth-order valence-corrected chi connectivity index (χ4v) is 0.559. The van der Waals surface area contributed by atoms with E-state index < -0.39 is 0 Å². The van der Waals surface area contributed by atoms with Gasteiger partial charge in [0.15, 0.2) is 0 Å². The SMILES string of the molecule is CC.CC.CNC(C=O)C(C)C. The lowest BCUT2D eigenvalue weighted by Crippen LogP contribution is -2.31. The zero-order chi connectivity index (χ0) is 10.6. The van der Waals surface area contributed by atoms with Crippen molar-refractivity contribution in [2.45, 2.75) is 47.6 Å². The highest BCUT2D eigenvalue weighted by Gasteiger charge is 2.06. The average Bonchev–Trinajstić information content (AvgIpc) is 2.13. The molecule has 0 aromatic heterocycles. The largest absolute Gasteiger partial charge is 0.311 e. The zero-order valence-corrected chi connectivity index (χ0v) is 9.64. The third-order valence-corrected chi connectivity index (χ3v) is 1.20. The van der Waals surface area contributed by atoms with Crippen molar-refractivity contribution >= 4 is 6.29 Å². The van der Waals surface area contributed by atoms with Gasteiger partial charge in [-0.15, -0.1) is 0 Å². The number of hydrogen-bond donors (Lipinski definition) is 1. The maximum Gasteiger partial charge on any atom is 0.137 e. The molecule has 0 radical (unpaired) electrons. The molecule has 1 atom stereocenters. The molecule has 0 fully saturated rings. The van der Waals surface area contributed by atoms with Crippen LogP contribution in [0.2, 0.25) is 0 Å². The molecular weight excluding hydrogens is 150 g/mol. The van der Waals surface area contributed by atoms with Crippen molar-refractivity contribution in [1.82, 2.24) is 5.32 Å². The number of carbonyl (C=O) groups is 1. The minimum atomic E-state index is 0.0231. The predicted molar refractivity (Wildman–Crippen MR) is 56.4 cm³/mol. The van der Waals surface area contributed by atoms with Gasteiger partial charge in [-0.1, -0.05) is 41.5 Å². The van der Waals surface area contributed by atoms with Gasteiger partial charge in [-0.25, -0.2) is 0 Å². The first-order valence-electron chi connectivity index (χ1n) is 4.85. The van der Waals surface area contributed by atoms with Crippen molar-refractivity contribution in [1.29, 1.82) is 0 Å². The maximum atomic E-state index is 10.1. The van der Waals surface area contributed by atoms with Crippen LogP contribution < -0.4 is 5.32 Å². The highest BCUT2D eigenvalue weighted by molar-refractivity contribution is 5.57. The smallest absolute Gasteiger partial charge is 0.137 e. The Balaban J connectivity index is -0.000000175. The lowest BCUT2D eigenvalue weighted by molar-refractivity contribution is -0.110. The quantitative estimate of drug-likeness (QED) is 0.668. The van der Waals surface area contributed by atoms with E-state index in [9.17, 15) is 4.79 Å². The summed E-state index contributed by atoms with van der Waals surface area (Å²) in [7, 11) is 1.79. The molecule has 12 heavy (non-hydrogen) atoms. The van der Waals surface area contributed by atoms with Gasteiger partial charge in [0, 0.05) is 0 Å². The van der Waals surface area contributed by atoms with Crippen LogP contribution in [0.1, 0.15) is 41.5 Å². The van der Waals surface area contributed by atoms with E-state index in [0.717, 1.165) is 6.29 Å². The van der Waals surface area contributed by atoms with Gasteiger partial charge < -0.3 is 10.1 Å². The fraction of sp³-hybridized carbons (Fsp3) is 0.900. The number of rotatable bonds is 3. The molecule has 0 spiro atoms. The summed E-state index contributed by atoms with van der Waals surface area (Å²) in [5, 5.41) is 2.88. The zero-order valence-electron chi connectivity index (χ0n) is 9.64. The highest BCUT2D eigenvalue weighted by atomic mass is 16.1. The number of nitrogens with one attached hydrogen (secondary N) is 1. The van der Waals surface area contributed by atoms with Gasteiger partial charge in [0.05, 0.1) is 6.04 Å². The Morgan fingerprint density at radius 1 is 1.08 bits per heavy atom. The first-order chi connectivity index (χ1) is 5.72. The van der Waals surface area contributed by atoms with E-state index in [4.69, 9.17) is 0 Å². The van der Waals surface area contributed by atoms with Crippen LogP contribution in [0.15, 0.2) is 0 Å². The van der Waals surface area contributed by atoms with Crippen LogP contribution in [-0.2, 0) is 4.79 Å². The van der Waals surface area contributed by atoms with E-state index in [1.54, 1.807) is 7.05 Å². The lowest BCUT2D eigenvalue weighted by Gasteiger charge is -2.11. The molecule has 76 valence electrons. The first kappa shape index (κ1) is 17.6. The van der Waals surface area contributed by atoms with Crippen molar-refractivity contribution in [3.63, 3.8) is 0 Å². The van der Waals surface area contributed by atoms with Crippen molar-refractivity contribution in [3.05, 3.63) is 0 Å². The molecule has 0 heterocycles. The third-order valence-electron chi connectivity index (χ3n) is 1.20. The highest BCUT2D eigenvalue weighted by Crippen LogP contribution is 1.95. The van der Waals surface area contributed by atoms with Crippen LogP contribution in [0.3, 0.4) is 0 Å². The van der Waals surface area contributed by atoms with Crippen molar-refractivity contribution < 1.29 is 4.79 Å². The number of likely N-dealkylation sites (N-methyl/N-ethyl adjacent to an activating group) is 1. The van der Waals surface area contributed by atoms with Gasteiger partial charge in [0.1, 0.15) is 6.29 Å². The summed E-state index contributed by atoms with van der Waals surface area (Å²) in [6.07, 6.45) is 0.935. The second-order valence-electron chi connectivity index (χ2n) is 2.19. The van der Waals surface area contributed by atoms with Gasteiger partial charge in [-0.05, 0) is 13.0 Å². The Kier molecular flexibility index (Phi) is 24.9. The van der Waals surface area contributed by atoms with Crippen LogP contribution in [0.25, 0.3) is 0 Å². The Bertz CT molecular complexity index is 72.2. The average molecular weight is 175 g/mol. The molecule has 0 amide bonds. The van der Waals surface area contributed by atoms with Gasteiger partial charge >= 0.3 is 0 Å². The summed E-state index contributed by atoms with van der Waals surface area (Å²) >= 11 is 0. The molecule has 0 aromatic carbocycles. The number of carbonyl (C=O) groups excluding carboxylic acids is 1. The summed E-state index contributed by atoms with van der Waals surface area (Å²) in [5.74, 6) is 0.400. The first-order valence-corrected chi connectivity index (χ1v) is 4.85. The van der Waals surface area contributed by atoms with E-state index in [1.807, 2.05) is 41.5 Å². The van der Waals surface area contributed by atoms with Crippen LogP contribution in [0, 0.1) is 5.92 Å². The van der Waals surface area contributed by atoms with Gasteiger partial charge in [-0.2, -0.15) is 0 Å². The summed E-state index contributed by atoms with van der Waals surface area (Å²) < 4.78 is 0. The molecule has 2 nitrogen and oxygen atoms in total. The normalized spacial score (nSPS) is 10.3. The molecule has 1 unspecified atom stereocenters. The van der Waals surface area contributed by atoms with Crippen molar-refractivity contribution in [2.75, 3.05) is 7.05 Å². The van der Waals surface area contributed by atoms with E-state index in [2.05, 4.69) is 5.32 Å². The standard InChI is InChI=1S/C6H13NO.2C2H6/c1-5(2)6(4-8)7-3;2*1-2/h4-7H,1-3H3;2*1-2H3. The topological polar surface area (TPSA) is 29.1 Å². The molecule has 1 N–H and O–H groups in total. The molecule has 0 saturated carbocycles. The van der Waals surface area contributed by atoms with Crippen LogP contribution >= 0.6 is 0 Å². The molecule has 0 rings (SSSR count). The van der Waals surface area contributed by atoms with Crippen molar-refractivity contribution in [3.8, 4) is 0 Å². The monoisotopic (exact) mass is 175 g/mol. The number of hydrogen-bond acceptors (Lipinski definition) is 2. The Morgan fingerprint density at radius 2 is 1.42 bits per heavy atom. The Hall–Kier alpha value is -0.370. The minimum Gasteiger partial charge on any atom is -0.311 e. The molecule has 0 aliphatic rings. The molecule has 0 saturated heterocycles. The van der Waals surface area contributed by atoms with Gasteiger partial charge in [0.2, 0.25) is 0 Å². The van der Waals surface area contributed by atoms with Crippen molar-refractivity contribution in [2.24, 2.45) is 5.92 Å². The summed E-state index contributed by atoms with van der Waals surface area (Å²) in [6.45, 7) is 12.0. The second-order valence-corrected chi connectivity index (χ2v) is 2.19. The van der Waals surface area contributed by atoms with E-state index in [0.29, 0.717) is 5.92 Å². The Morgan fingerprint density at radius 3 is 1.42 bits per heavy atom. The maximum absolute atomic E-state index is 10.1.